The van der Waals surface area contributed by atoms with Crippen LogP contribution < -0.4 is 10.6 Å². The van der Waals surface area contributed by atoms with Gasteiger partial charge in [-0.25, -0.2) is 0 Å². The topological polar surface area (TPSA) is 74.4 Å². The smallest absolute Gasteiger partial charge is 0.368 e. The largest absolute Gasteiger partial charge is 0.401 e. The van der Waals surface area contributed by atoms with E-state index in [0.29, 0.717) is 44.4 Å². The molecule has 1 aliphatic rings. The summed E-state index contributed by atoms with van der Waals surface area (Å²) in [7, 11) is 3.62. The molecule has 7 nitrogen and oxygen atoms in total. The Morgan fingerprint density at radius 1 is 1.25 bits per heavy atom. The molecule has 1 saturated heterocycles. The molecule has 136 valence electrons. The van der Waals surface area contributed by atoms with Crippen LogP contribution in [0.3, 0.4) is 0 Å². The number of hydrogen-bond donors (Lipinski definition) is 1. The zero-order valence-corrected chi connectivity index (χ0v) is 14.2. The quantitative estimate of drug-likeness (QED) is 0.822. The summed E-state index contributed by atoms with van der Waals surface area (Å²) >= 11 is 0. The average molecular weight is 347 g/mol. The fourth-order valence-corrected chi connectivity index (χ4v) is 2.88. The number of nitrogen functional groups attached to an aromatic ring is 1. The van der Waals surface area contributed by atoms with E-state index < -0.39 is 12.7 Å². The second-order valence-electron chi connectivity index (χ2n) is 6.16. The monoisotopic (exact) mass is 347 g/mol. The van der Waals surface area contributed by atoms with Crippen molar-refractivity contribution in [3.63, 3.8) is 0 Å². The molecule has 0 saturated carbocycles. The van der Waals surface area contributed by atoms with Crippen molar-refractivity contribution < 1.29 is 13.2 Å². The first kappa shape index (κ1) is 18.7. The molecule has 0 amide bonds. The van der Waals surface area contributed by atoms with E-state index in [1.54, 1.807) is 4.90 Å². The van der Waals surface area contributed by atoms with Crippen LogP contribution in [-0.4, -0.2) is 77.2 Å². The number of halogens is 3. The maximum absolute atomic E-state index is 12.5. The number of likely N-dealkylation sites (tertiary alicyclic amines) is 1. The highest BCUT2D eigenvalue weighted by Gasteiger charge is 2.35. The molecule has 1 aromatic rings. The highest BCUT2D eigenvalue weighted by Crippen LogP contribution is 2.23. The van der Waals surface area contributed by atoms with Crippen molar-refractivity contribution >= 4 is 11.9 Å². The van der Waals surface area contributed by atoms with Crippen LogP contribution in [0, 0.1) is 0 Å². The Kier molecular flexibility index (Phi) is 5.81. The molecule has 1 aromatic heterocycles. The third-order valence-corrected chi connectivity index (χ3v) is 4.00. The fraction of sp³-hybridized carbons (Fsp3) is 0.786. The van der Waals surface area contributed by atoms with Gasteiger partial charge >= 0.3 is 6.18 Å². The van der Waals surface area contributed by atoms with Crippen LogP contribution in [0.5, 0.6) is 0 Å². The lowest BCUT2D eigenvalue weighted by atomic mass is 10.2. The highest BCUT2D eigenvalue weighted by atomic mass is 19.4. The molecule has 24 heavy (non-hydrogen) atoms. The van der Waals surface area contributed by atoms with Gasteiger partial charge in [0.05, 0.1) is 13.1 Å². The van der Waals surface area contributed by atoms with Crippen LogP contribution in [0.2, 0.25) is 0 Å². The van der Waals surface area contributed by atoms with Crippen molar-refractivity contribution in [2.24, 2.45) is 0 Å². The third kappa shape index (κ3) is 5.17. The number of hydrogen-bond acceptors (Lipinski definition) is 7. The number of nitrogens with zero attached hydrogens (tertiary/aromatic N) is 6. The van der Waals surface area contributed by atoms with E-state index in [1.807, 2.05) is 21.0 Å². The molecule has 1 fully saturated rings. The molecule has 0 radical (unpaired) electrons. The number of alkyl halides is 3. The second kappa shape index (κ2) is 7.47. The van der Waals surface area contributed by atoms with Gasteiger partial charge in [-0.2, -0.15) is 28.1 Å². The fourth-order valence-electron chi connectivity index (χ4n) is 2.88. The van der Waals surface area contributed by atoms with Gasteiger partial charge in [-0.1, -0.05) is 6.92 Å². The van der Waals surface area contributed by atoms with Crippen molar-refractivity contribution in [2.75, 3.05) is 50.9 Å². The number of likely N-dealkylation sites (N-methyl/N-ethyl adjacent to an activating group) is 1. The normalized spacial score (nSPS) is 19.2. The molecule has 10 heteroatoms. The van der Waals surface area contributed by atoms with E-state index in [0.717, 1.165) is 0 Å². The molecule has 0 spiro atoms. The zero-order chi connectivity index (χ0) is 17.9. The molecule has 0 bridgehead atoms. The Hall–Kier alpha value is -1.68. The first-order chi connectivity index (χ1) is 11.2. The van der Waals surface area contributed by atoms with E-state index in [9.17, 15) is 13.2 Å². The molecule has 2 N–H and O–H groups in total. The van der Waals surface area contributed by atoms with Crippen LogP contribution in [0.4, 0.5) is 25.1 Å². The first-order valence-electron chi connectivity index (χ1n) is 7.89. The van der Waals surface area contributed by atoms with Gasteiger partial charge in [0.1, 0.15) is 5.82 Å². The molecule has 2 heterocycles. The Labute approximate surface area is 139 Å². The van der Waals surface area contributed by atoms with Gasteiger partial charge in [0.2, 0.25) is 11.9 Å². The van der Waals surface area contributed by atoms with E-state index >= 15 is 0 Å². The van der Waals surface area contributed by atoms with Crippen LogP contribution in [-0.2, 0) is 6.54 Å². The summed E-state index contributed by atoms with van der Waals surface area (Å²) in [6.07, 6.45) is -3.46. The highest BCUT2D eigenvalue weighted by molar-refractivity contribution is 5.32. The minimum atomic E-state index is -4.16. The van der Waals surface area contributed by atoms with Crippen LogP contribution in [0.25, 0.3) is 0 Å². The predicted molar refractivity (Wildman–Crippen MR) is 85.6 cm³/mol. The van der Waals surface area contributed by atoms with Gasteiger partial charge in [0, 0.05) is 33.2 Å². The van der Waals surface area contributed by atoms with Crippen LogP contribution in [0.1, 0.15) is 19.2 Å². The van der Waals surface area contributed by atoms with Gasteiger partial charge in [-0.05, 0) is 13.0 Å². The summed E-state index contributed by atoms with van der Waals surface area (Å²) < 4.78 is 37.6. The molecular weight excluding hydrogens is 323 g/mol. The summed E-state index contributed by atoms with van der Waals surface area (Å²) in [5.41, 5.74) is 5.72. The van der Waals surface area contributed by atoms with Crippen LogP contribution >= 0.6 is 0 Å². The number of aromatic nitrogens is 3. The van der Waals surface area contributed by atoms with Crippen molar-refractivity contribution in [3.05, 3.63) is 5.82 Å². The average Bonchev–Trinajstić information content (AvgIpc) is 2.90. The number of anilines is 2. The van der Waals surface area contributed by atoms with Gasteiger partial charge in [-0.15, -0.1) is 0 Å². The lowest BCUT2D eigenvalue weighted by Gasteiger charge is -2.27. The standard InChI is InChI=1S/C14H24F3N7/c1-4-24(10-5-6-23(7-10)9-14(15,16)17)8-11-19-12(18)21-13(20-11)22(2)3/h10H,4-9H2,1-3H3,(H2,18,19,20,21). The first-order valence-corrected chi connectivity index (χ1v) is 7.89. The van der Waals surface area contributed by atoms with Gasteiger partial charge in [0.25, 0.3) is 0 Å². The Bertz CT molecular complexity index is 550. The minimum absolute atomic E-state index is 0.0538. The van der Waals surface area contributed by atoms with Crippen molar-refractivity contribution in [1.82, 2.24) is 24.8 Å². The minimum Gasteiger partial charge on any atom is -0.368 e. The van der Waals surface area contributed by atoms with E-state index in [-0.39, 0.29) is 12.0 Å². The SMILES string of the molecule is CCN(Cc1nc(N)nc(N(C)C)n1)C1CCN(CC(F)(F)F)C1. The van der Waals surface area contributed by atoms with E-state index in [4.69, 9.17) is 5.73 Å². The molecule has 1 aliphatic heterocycles. The lowest BCUT2D eigenvalue weighted by molar-refractivity contribution is -0.143. The molecule has 0 aromatic carbocycles. The van der Waals surface area contributed by atoms with Gasteiger partial charge < -0.3 is 10.6 Å². The number of nitrogens with two attached hydrogens (primary N) is 1. The van der Waals surface area contributed by atoms with Crippen molar-refractivity contribution in [1.29, 1.82) is 0 Å². The molecule has 2 rings (SSSR count). The summed E-state index contributed by atoms with van der Waals surface area (Å²) in [6, 6.07) is 0.0538. The summed E-state index contributed by atoms with van der Waals surface area (Å²) in [5, 5.41) is 0. The molecule has 0 aliphatic carbocycles. The Balaban J connectivity index is 2.03. The van der Waals surface area contributed by atoms with Crippen LogP contribution in [0.15, 0.2) is 0 Å². The maximum Gasteiger partial charge on any atom is 0.401 e. The summed E-state index contributed by atoms with van der Waals surface area (Å²) in [6.45, 7) is 3.10. The molecule has 1 unspecified atom stereocenters. The molecular formula is C14H24F3N7. The second-order valence-corrected chi connectivity index (χ2v) is 6.16. The maximum atomic E-state index is 12.5. The van der Waals surface area contributed by atoms with E-state index in [1.165, 1.54) is 4.90 Å². The van der Waals surface area contributed by atoms with Gasteiger partial charge in [0.15, 0.2) is 0 Å². The van der Waals surface area contributed by atoms with Crippen molar-refractivity contribution in [3.8, 4) is 0 Å². The lowest BCUT2D eigenvalue weighted by Crippen LogP contribution is -2.39. The summed E-state index contributed by atoms with van der Waals surface area (Å²) in [4.78, 5) is 17.8. The Morgan fingerprint density at radius 3 is 2.54 bits per heavy atom. The predicted octanol–water partition coefficient (Wildman–Crippen LogP) is 0.978. The summed E-state index contributed by atoms with van der Waals surface area (Å²) in [5.74, 6) is 1.14. The zero-order valence-electron chi connectivity index (χ0n) is 14.2. The van der Waals surface area contributed by atoms with E-state index in [2.05, 4.69) is 19.9 Å². The Morgan fingerprint density at radius 2 is 1.96 bits per heavy atom. The molecule has 1 atom stereocenters. The van der Waals surface area contributed by atoms with Gasteiger partial charge in [-0.3, -0.25) is 9.80 Å². The van der Waals surface area contributed by atoms with Crippen molar-refractivity contribution in [2.45, 2.75) is 32.1 Å². The third-order valence-electron chi connectivity index (χ3n) is 4.00. The number of rotatable bonds is 6.